The monoisotopic (exact) mass is 276 g/mol. The van der Waals surface area contributed by atoms with Crippen molar-refractivity contribution in [3.8, 4) is 0 Å². The summed E-state index contributed by atoms with van der Waals surface area (Å²) < 4.78 is 0. The van der Waals surface area contributed by atoms with E-state index in [1.165, 1.54) is 24.1 Å². The van der Waals surface area contributed by atoms with Crippen LogP contribution in [0.25, 0.3) is 0 Å². The normalized spacial score (nSPS) is 21.2. The summed E-state index contributed by atoms with van der Waals surface area (Å²) >= 11 is 0. The van der Waals surface area contributed by atoms with Crippen molar-refractivity contribution in [2.24, 2.45) is 5.92 Å². The molecule has 2 N–H and O–H groups in total. The van der Waals surface area contributed by atoms with Crippen LogP contribution in [0.15, 0.2) is 24.3 Å². The van der Waals surface area contributed by atoms with Crippen LogP contribution in [0, 0.1) is 12.8 Å². The fraction of sp³-hybridized carbons (Fsp3) is 0.647. The Labute approximate surface area is 123 Å². The number of likely N-dealkylation sites (tertiary alicyclic amines) is 1. The van der Waals surface area contributed by atoms with Gasteiger partial charge in [-0.15, -0.1) is 0 Å². The number of hydrogen-bond acceptors (Lipinski definition) is 3. The molecule has 20 heavy (non-hydrogen) atoms. The Morgan fingerprint density at radius 1 is 1.40 bits per heavy atom. The number of rotatable bonds is 7. The Kier molecular flexibility index (Phi) is 6.02. The van der Waals surface area contributed by atoms with E-state index in [0.717, 1.165) is 25.9 Å². The number of aliphatic hydroxyl groups is 1. The van der Waals surface area contributed by atoms with Crippen LogP contribution in [-0.4, -0.2) is 43.3 Å². The zero-order valence-corrected chi connectivity index (χ0v) is 12.8. The van der Waals surface area contributed by atoms with E-state index in [0.29, 0.717) is 18.6 Å². The quantitative estimate of drug-likeness (QED) is 0.802. The summed E-state index contributed by atoms with van der Waals surface area (Å²) in [6.45, 7) is 6.01. The number of nitrogens with one attached hydrogen (secondary N) is 1. The molecule has 1 aliphatic rings. The van der Waals surface area contributed by atoms with Crippen LogP contribution in [0.2, 0.25) is 0 Å². The highest BCUT2D eigenvalue weighted by Crippen LogP contribution is 2.23. The van der Waals surface area contributed by atoms with E-state index in [1.807, 2.05) is 0 Å². The highest BCUT2D eigenvalue weighted by atomic mass is 16.3. The summed E-state index contributed by atoms with van der Waals surface area (Å²) in [5.41, 5.74) is 2.78. The van der Waals surface area contributed by atoms with Gasteiger partial charge in [0.2, 0.25) is 0 Å². The van der Waals surface area contributed by atoms with E-state index >= 15 is 0 Å². The average Bonchev–Trinajstić information content (AvgIpc) is 2.89. The molecular weight excluding hydrogens is 248 g/mol. The lowest BCUT2D eigenvalue weighted by atomic mass is 9.99. The summed E-state index contributed by atoms with van der Waals surface area (Å²) in [5, 5.41) is 12.5. The van der Waals surface area contributed by atoms with Gasteiger partial charge in [-0.25, -0.2) is 0 Å². The SMILES string of the molecule is CNC(CCN1CCC(CCO)C1)c1ccccc1C. The topological polar surface area (TPSA) is 35.5 Å². The van der Waals surface area contributed by atoms with Crippen molar-refractivity contribution >= 4 is 0 Å². The molecular formula is C17H28N2O. The summed E-state index contributed by atoms with van der Waals surface area (Å²) in [7, 11) is 2.05. The third-order valence-electron chi connectivity index (χ3n) is 4.55. The fourth-order valence-corrected chi connectivity index (χ4v) is 3.28. The Hall–Kier alpha value is -0.900. The molecule has 1 saturated heterocycles. The molecule has 0 radical (unpaired) electrons. The second-order valence-electron chi connectivity index (χ2n) is 5.95. The Morgan fingerprint density at radius 2 is 2.20 bits per heavy atom. The van der Waals surface area contributed by atoms with Gasteiger partial charge in [-0.05, 0) is 63.4 Å². The van der Waals surface area contributed by atoms with E-state index in [4.69, 9.17) is 5.11 Å². The lowest BCUT2D eigenvalue weighted by Gasteiger charge is -2.22. The molecule has 0 saturated carbocycles. The molecule has 0 aliphatic carbocycles. The van der Waals surface area contributed by atoms with Gasteiger partial charge in [-0.2, -0.15) is 0 Å². The molecule has 0 bridgehead atoms. The van der Waals surface area contributed by atoms with E-state index in [2.05, 4.69) is 48.5 Å². The van der Waals surface area contributed by atoms with Gasteiger partial charge in [-0.1, -0.05) is 24.3 Å². The average molecular weight is 276 g/mol. The molecule has 112 valence electrons. The maximum absolute atomic E-state index is 9.02. The van der Waals surface area contributed by atoms with Gasteiger partial charge in [0.05, 0.1) is 0 Å². The minimum atomic E-state index is 0.334. The molecule has 1 aliphatic heterocycles. The van der Waals surface area contributed by atoms with Crippen molar-refractivity contribution < 1.29 is 5.11 Å². The summed E-state index contributed by atoms with van der Waals surface area (Å²) in [5.74, 6) is 0.700. The third-order valence-corrected chi connectivity index (χ3v) is 4.55. The fourth-order valence-electron chi connectivity index (χ4n) is 3.28. The van der Waals surface area contributed by atoms with Crippen LogP contribution >= 0.6 is 0 Å². The summed E-state index contributed by atoms with van der Waals surface area (Å²) in [6, 6.07) is 9.08. The predicted molar refractivity (Wildman–Crippen MR) is 83.8 cm³/mol. The van der Waals surface area contributed by atoms with Crippen LogP contribution in [-0.2, 0) is 0 Å². The van der Waals surface area contributed by atoms with Crippen molar-refractivity contribution in [1.29, 1.82) is 0 Å². The van der Waals surface area contributed by atoms with Crippen molar-refractivity contribution in [3.05, 3.63) is 35.4 Å². The van der Waals surface area contributed by atoms with Crippen LogP contribution in [0.3, 0.4) is 0 Å². The first kappa shape index (κ1) is 15.5. The third kappa shape index (κ3) is 4.05. The number of nitrogens with zero attached hydrogens (tertiary/aromatic N) is 1. The largest absolute Gasteiger partial charge is 0.396 e. The van der Waals surface area contributed by atoms with Crippen molar-refractivity contribution in [1.82, 2.24) is 10.2 Å². The summed E-state index contributed by atoms with van der Waals surface area (Å²) in [4.78, 5) is 2.54. The molecule has 1 heterocycles. The van der Waals surface area contributed by atoms with E-state index in [1.54, 1.807) is 0 Å². The molecule has 1 aromatic rings. The lowest BCUT2D eigenvalue weighted by molar-refractivity contribution is 0.248. The molecule has 1 fully saturated rings. The zero-order valence-electron chi connectivity index (χ0n) is 12.8. The molecule has 2 atom stereocenters. The molecule has 1 aromatic carbocycles. The number of hydrogen-bond donors (Lipinski definition) is 2. The molecule has 3 nitrogen and oxygen atoms in total. The summed E-state index contributed by atoms with van der Waals surface area (Å²) in [6.07, 6.45) is 3.35. The van der Waals surface area contributed by atoms with Gasteiger partial charge in [-0.3, -0.25) is 0 Å². The van der Waals surface area contributed by atoms with Gasteiger partial charge in [0.25, 0.3) is 0 Å². The Bertz CT molecular complexity index is 408. The van der Waals surface area contributed by atoms with Gasteiger partial charge < -0.3 is 15.3 Å². The van der Waals surface area contributed by atoms with E-state index in [9.17, 15) is 0 Å². The first-order chi connectivity index (χ1) is 9.74. The second kappa shape index (κ2) is 7.77. The zero-order chi connectivity index (χ0) is 14.4. The first-order valence-corrected chi connectivity index (χ1v) is 7.80. The van der Waals surface area contributed by atoms with Gasteiger partial charge in [0.15, 0.2) is 0 Å². The maximum Gasteiger partial charge on any atom is 0.0434 e. The van der Waals surface area contributed by atoms with Crippen LogP contribution in [0.1, 0.15) is 36.4 Å². The van der Waals surface area contributed by atoms with Crippen LogP contribution in [0.4, 0.5) is 0 Å². The second-order valence-corrected chi connectivity index (χ2v) is 5.95. The van der Waals surface area contributed by atoms with E-state index in [-0.39, 0.29) is 0 Å². The molecule has 0 spiro atoms. The highest BCUT2D eigenvalue weighted by molar-refractivity contribution is 5.28. The van der Waals surface area contributed by atoms with Gasteiger partial charge in [0.1, 0.15) is 0 Å². The Balaban J connectivity index is 1.85. The molecule has 0 amide bonds. The number of aryl methyl sites for hydroxylation is 1. The number of aliphatic hydroxyl groups excluding tert-OH is 1. The van der Waals surface area contributed by atoms with Crippen LogP contribution in [0.5, 0.6) is 0 Å². The van der Waals surface area contributed by atoms with E-state index < -0.39 is 0 Å². The Morgan fingerprint density at radius 3 is 2.90 bits per heavy atom. The first-order valence-electron chi connectivity index (χ1n) is 7.80. The molecule has 2 unspecified atom stereocenters. The van der Waals surface area contributed by atoms with Gasteiger partial charge >= 0.3 is 0 Å². The standard InChI is InChI=1S/C17H28N2O/c1-14-5-3-4-6-16(14)17(18-2)8-11-19-10-7-15(13-19)9-12-20/h3-6,15,17-18,20H,7-13H2,1-2H3. The predicted octanol–water partition coefficient (Wildman–Crippen LogP) is 2.35. The maximum atomic E-state index is 9.02. The number of benzene rings is 1. The minimum Gasteiger partial charge on any atom is -0.396 e. The van der Waals surface area contributed by atoms with Crippen molar-refractivity contribution in [3.63, 3.8) is 0 Å². The highest BCUT2D eigenvalue weighted by Gasteiger charge is 2.22. The molecule has 0 aromatic heterocycles. The minimum absolute atomic E-state index is 0.334. The smallest absolute Gasteiger partial charge is 0.0434 e. The molecule has 2 rings (SSSR count). The van der Waals surface area contributed by atoms with Crippen molar-refractivity contribution in [2.75, 3.05) is 33.3 Å². The lowest BCUT2D eigenvalue weighted by Crippen LogP contribution is -2.27. The van der Waals surface area contributed by atoms with Crippen LogP contribution < -0.4 is 5.32 Å². The van der Waals surface area contributed by atoms with Crippen molar-refractivity contribution in [2.45, 2.75) is 32.2 Å². The van der Waals surface area contributed by atoms with Gasteiger partial charge in [0, 0.05) is 19.2 Å². The molecule has 3 heteroatoms.